The van der Waals surface area contributed by atoms with Gasteiger partial charge in [0.05, 0.1) is 0 Å². The van der Waals surface area contributed by atoms with Crippen LogP contribution >= 0.6 is 11.6 Å². The summed E-state index contributed by atoms with van der Waals surface area (Å²) in [7, 11) is 0. The summed E-state index contributed by atoms with van der Waals surface area (Å²) in [5.41, 5.74) is -0.162. The maximum absolute atomic E-state index is 11.4. The van der Waals surface area contributed by atoms with Gasteiger partial charge in [-0.25, -0.2) is 4.98 Å². The molecule has 2 N–H and O–H groups in total. The molecule has 15 heavy (non-hydrogen) atoms. The van der Waals surface area contributed by atoms with E-state index in [-0.39, 0.29) is 5.56 Å². The van der Waals surface area contributed by atoms with Crippen molar-refractivity contribution in [1.29, 1.82) is 0 Å². The Kier molecular flexibility index (Phi) is 3.26. The van der Waals surface area contributed by atoms with E-state index in [0.717, 1.165) is 25.7 Å². The van der Waals surface area contributed by atoms with E-state index in [9.17, 15) is 4.79 Å². The van der Waals surface area contributed by atoms with Crippen molar-refractivity contribution in [3.8, 4) is 0 Å². The Balaban J connectivity index is 1.98. The summed E-state index contributed by atoms with van der Waals surface area (Å²) in [6.45, 7) is 0. The molecule has 1 aliphatic carbocycles. The summed E-state index contributed by atoms with van der Waals surface area (Å²) in [6.07, 6.45) is 7.13. The molecule has 1 fully saturated rings. The van der Waals surface area contributed by atoms with Crippen LogP contribution in [0.5, 0.6) is 0 Å². The van der Waals surface area contributed by atoms with Crippen molar-refractivity contribution >= 4 is 17.4 Å². The highest BCUT2D eigenvalue weighted by Gasteiger charge is 2.20. The van der Waals surface area contributed by atoms with E-state index in [0.29, 0.717) is 17.2 Å². The molecule has 2 rings (SSSR count). The summed E-state index contributed by atoms with van der Waals surface area (Å²) in [5, 5.41) is 3.45. The van der Waals surface area contributed by atoms with Crippen LogP contribution in [-0.4, -0.2) is 21.4 Å². The molecule has 0 aliphatic heterocycles. The number of H-pyrrole nitrogens is 1. The van der Waals surface area contributed by atoms with E-state index in [1.165, 1.54) is 6.20 Å². The number of aromatic nitrogens is 2. The second-order valence-electron chi connectivity index (χ2n) is 3.86. The molecule has 1 aromatic rings. The third-order valence-electron chi connectivity index (χ3n) is 2.71. The quantitative estimate of drug-likeness (QED) is 0.757. The van der Waals surface area contributed by atoms with E-state index in [1.54, 1.807) is 6.20 Å². The van der Waals surface area contributed by atoms with Crippen molar-refractivity contribution in [1.82, 2.24) is 9.97 Å². The van der Waals surface area contributed by atoms with Crippen LogP contribution in [0.1, 0.15) is 25.7 Å². The minimum atomic E-state index is -0.162. The summed E-state index contributed by atoms with van der Waals surface area (Å²) >= 11 is 6.00. The highest BCUT2D eigenvalue weighted by atomic mass is 35.5. The first-order valence-electron chi connectivity index (χ1n) is 5.20. The van der Waals surface area contributed by atoms with E-state index < -0.39 is 0 Å². The first-order chi connectivity index (χ1) is 7.25. The molecule has 0 atom stereocenters. The van der Waals surface area contributed by atoms with Gasteiger partial charge in [-0.3, -0.25) is 4.79 Å². The van der Waals surface area contributed by atoms with E-state index in [2.05, 4.69) is 15.3 Å². The highest BCUT2D eigenvalue weighted by molar-refractivity contribution is 6.20. The van der Waals surface area contributed by atoms with Gasteiger partial charge in [0.1, 0.15) is 0 Å². The summed E-state index contributed by atoms with van der Waals surface area (Å²) in [6, 6.07) is 0.330. The van der Waals surface area contributed by atoms with Crippen LogP contribution in [0.2, 0.25) is 0 Å². The number of alkyl halides is 1. The summed E-state index contributed by atoms with van der Waals surface area (Å²) in [4.78, 5) is 17.9. The zero-order chi connectivity index (χ0) is 10.7. The first-order valence-corrected chi connectivity index (χ1v) is 5.63. The Morgan fingerprint density at radius 3 is 2.80 bits per heavy atom. The molecule has 0 spiro atoms. The van der Waals surface area contributed by atoms with Gasteiger partial charge in [-0.2, -0.15) is 0 Å². The summed E-state index contributed by atoms with van der Waals surface area (Å²) in [5.74, 6) is 0.413. The fourth-order valence-corrected chi connectivity index (χ4v) is 2.10. The Bertz CT molecular complexity index is 371. The molecule has 1 aliphatic rings. The molecule has 1 saturated carbocycles. The number of nitrogens with zero attached hydrogens (tertiary/aromatic N) is 1. The zero-order valence-corrected chi connectivity index (χ0v) is 9.13. The van der Waals surface area contributed by atoms with Gasteiger partial charge in [0.25, 0.3) is 5.56 Å². The topological polar surface area (TPSA) is 57.8 Å². The number of halogens is 1. The van der Waals surface area contributed by atoms with E-state index >= 15 is 0 Å². The number of nitrogens with one attached hydrogen (secondary N) is 2. The van der Waals surface area contributed by atoms with Gasteiger partial charge in [-0.15, -0.1) is 11.6 Å². The average molecular weight is 228 g/mol. The first kappa shape index (κ1) is 10.5. The molecule has 0 bridgehead atoms. The predicted molar refractivity (Wildman–Crippen MR) is 60.4 cm³/mol. The lowest BCUT2D eigenvalue weighted by atomic mass is 9.95. The fraction of sp³-hybridized carbons (Fsp3) is 0.600. The van der Waals surface area contributed by atoms with Gasteiger partial charge in [0.2, 0.25) is 0 Å². The lowest BCUT2D eigenvalue weighted by molar-refractivity contribution is 0.467. The van der Waals surface area contributed by atoms with Crippen molar-refractivity contribution in [2.24, 2.45) is 0 Å². The molecule has 0 radical (unpaired) electrons. The number of rotatable bonds is 2. The van der Waals surface area contributed by atoms with Gasteiger partial charge in [0, 0.05) is 23.8 Å². The van der Waals surface area contributed by atoms with Gasteiger partial charge in [-0.1, -0.05) is 0 Å². The maximum Gasteiger partial charge on any atom is 0.290 e. The molecule has 0 saturated heterocycles. The monoisotopic (exact) mass is 227 g/mol. The van der Waals surface area contributed by atoms with Crippen LogP contribution in [0.4, 0.5) is 5.82 Å². The second kappa shape index (κ2) is 4.66. The number of hydrogen-bond donors (Lipinski definition) is 2. The lowest BCUT2D eigenvalue weighted by Crippen LogP contribution is -2.29. The van der Waals surface area contributed by atoms with Crippen LogP contribution in [0.25, 0.3) is 0 Å². The van der Waals surface area contributed by atoms with Crippen LogP contribution in [-0.2, 0) is 0 Å². The molecule has 0 aromatic carbocycles. The van der Waals surface area contributed by atoms with Gasteiger partial charge < -0.3 is 10.3 Å². The molecular weight excluding hydrogens is 214 g/mol. The Labute approximate surface area is 93.1 Å². The maximum atomic E-state index is 11.4. The largest absolute Gasteiger partial charge is 0.363 e. The standard InChI is InChI=1S/C10H14ClN3O/c11-7-1-3-8(4-2-7)14-9-10(15)13-6-5-12-9/h5-8H,1-4H2,(H,12,14)(H,13,15). The Morgan fingerprint density at radius 1 is 1.40 bits per heavy atom. The molecule has 1 heterocycles. The number of anilines is 1. The third kappa shape index (κ3) is 2.72. The molecule has 1 aromatic heterocycles. The van der Waals surface area contributed by atoms with Crippen molar-refractivity contribution in [2.75, 3.05) is 5.32 Å². The Hall–Kier alpha value is -1.03. The normalized spacial score (nSPS) is 26.2. The van der Waals surface area contributed by atoms with E-state index in [1.807, 2.05) is 0 Å². The van der Waals surface area contributed by atoms with Gasteiger partial charge >= 0.3 is 0 Å². The van der Waals surface area contributed by atoms with Crippen molar-refractivity contribution in [3.63, 3.8) is 0 Å². The predicted octanol–water partition coefficient (Wildman–Crippen LogP) is 1.73. The van der Waals surface area contributed by atoms with Gasteiger partial charge in [-0.05, 0) is 25.7 Å². The minimum absolute atomic E-state index is 0.162. The average Bonchev–Trinajstić information content (AvgIpc) is 2.25. The third-order valence-corrected chi connectivity index (χ3v) is 3.14. The molecule has 5 heteroatoms. The number of hydrogen-bond acceptors (Lipinski definition) is 3. The Morgan fingerprint density at radius 2 is 2.13 bits per heavy atom. The molecule has 82 valence electrons. The van der Waals surface area contributed by atoms with Crippen LogP contribution in [0.15, 0.2) is 17.2 Å². The fourth-order valence-electron chi connectivity index (χ4n) is 1.84. The lowest BCUT2D eigenvalue weighted by Gasteiger charge is -2.25. The van der Waals surface area contributed by atoms with Crippen LogP contribution in [0, 0.1) is 0 Å². The molecule has 0 unspecified atom stereocenters. The van der Waals surface area contributed by atoms with Crippen LogP contribution < -0.4 is 10.9 Å². The highest BCUT2D eigenvalue weighted by Crippen LogP contribution is 2.24. The number of aromatic amines is 1. The van der Waals surface area contributed by atoms with Crippen LogP contribution in [0.3, 0.4) is 0 Å². The van der Waals surface area contributed by atoms with Gasteiger partial charge in [0.15, 0.2) is 5.82 Å². The molecule has 0 amide bonds. The smallest absolute Gasteiger partial charge is 0.290 e. The van der Waals surface area contributed by atoms with Crippen molar-refractivity contribution in [3.05, 3.63) is 22.7 Å². The SMILES string of the molecule is O=c1[nH]ccnc1NC1CCC(Cl)CC1. The summed E-state index contributed by atoms with van der Waals surface area (Å²) < 4.78 is 0. The van der Waals surface area contributed by atoms with Crippen molar-refractivity contribution < 1.29 is 0 Å². The van der Waals surface area contributed by atoms with Crippen molar-refractivity contribution in [2.45, 2.75) is 37.1 Å². The minimum Gasteiger partial charge on any atom is -0.363 e. The molecular formula is C10H14ClN3O. The zero-order valence-electron chi connectivity index (χ0n) is 8.37. The van der Waals surface area contributed by atoms with E-state index in [4.69, 9.17) is 11.6 Å². The second-order valence-corrected chi connectivity index (χ2v) is 4.48. The molecule has 4 nitrogen and oxygen atoms in total.